The molecule has 5 nitrogen and oxygen atoms in total. The lowest BCUT2D eigenvalue weighted by atomic mass is 10.2. The average molecular weight is 396 g/mol. The number of hydrogen-bond donors (Lipinski definition) is 1. The minimum atomic E-state index is -3.91. The Morgan fingerprint density at radius 1 is 1.17 bits per heavy atom. The summed E-state index contributed by atoms with van der Waals surface area (Å²) in [5, 5.41) is 0.950. The van der Waals surface area contributed by atoms with Crippen molar-refractivity contribution in [3.63, 3.8) is 0 Å². The van der Waals surface area contributed by atoms with E-state index in [-0.39, 0.29) is 11.3 Å². The average Bonchev–Trinajstić information content (AvgIpc) is 2.53. The minimum absolute atomic E-state index is 0.132. The molecule has 0 saturated carbocycles. The second kappa shape index (κ2) is 7.43. The van der Waals surface area contributed by atoms with Crippen molar-refractivity contribution in [1.29, 1.82) is 0 Å². The van der Waals surface area contributed by atoms with E-state index in [0.717, 1.165) is 9.88 Å². The Morgan fingerprint density at radius 3 is 2.52 bits per heavy atom. The predicted octanol–water partition coefficient (Wildman–Crippen LogP) is 3.19. The molecule has 0 aromatic heterocycles. The fraction of sp³-hybridized carbons (Fsp3) is 0.0625. The van der Waals surface area contributed by atoms with Crippen LogP contribution >= 0.6 is 15.9 Å². The maximum absolute atomic E-state index is 12.1. The molecule has 0 atom stereocenters. The molecule has 2 aromatic carbocycles. The summed E-state index contributed by atoms with van der Waals surface area (Å²) in [6.07, 6.45) is 1.41. The molecule has 0 radical (unpaired) electrons. The van der Waals surface area contributed by atoms with Crippen molar-refractivity contribution >= 4 is 37.9 Å². The van der Waals surface area contributed by atoms with E-state index >= 15 is 0 Å². The number of halogens is 1. The van der Waals surface area contributed by atoms with Crippen LogP contribution in [-0.2, 0) is 10.0 Å². The van der Waals surface area contributed by atoms with Gasteiger partial charge in [-0.25, -0.2) is 13.1 Å². The molecule has 0 saturated heterocycles. The molecule has 0 aliphatic carbocycles. The largest absolute Gasteiger partial charge is 0.496 e. The molecule has 1 amide bonds. The van der Waals surface area contributed by atoms with Crippen molar-refractivity contribution in [3.05, 3.63) is 69.5 Å². The summed E-state index contributed by atoms with van der Waals surface area (Å²) in [6, 6.07) is 13.6. The lowest BCUT2D eigenvalue weighted by Crippen LogP contribution is -2.29. The van der Waals surface area contributed by atoms with Gasteiger partial charge in [0.15, 0.2) is 0 Å². The Labute approximate surface area is 143 Å². The summed E-state index contributed by atoms with van der Waals surface area (Å²) in [6.45, 7) is 0. The van der Waals surface area contributed by atoms with Crippen molar-refractivity contribution in [2.75, 3.05) is 7.11 Å². The highest BCUT2D eigenvalue weighted by atomic mass is 79.9. The standard InChI is InChI=1S/C16H14BrNO4S/c1-22-15-11-13(17)7-8-14(15)16(19)18-23(20,21)10-9-12-5-3-2-4-6-12/h2-11H,1H3,(H,18,19)/b10-9+. The third kappa shape index (κ3) is 4.94. The molecule has 0 unspecified atom stereocenters. The Kier molecular flexibility index (Phi) is 5.57. The van der Waals surface area contributed by atoms with Gasteiger partial charge in [-0.15, -0.1) is 0 Å². The van der Waals surface area contributed by atoms with E-state index in [0.29, 0.717) is 5.56 Å². The van der Waals surface area contributed by atoms with Gasteiger partial charge in [-0.2, -0.15) is 0 Å². The number of sulfonamides is 1. The highest BCUT2D eigenvalue weighted by Gasteiger charge is 2.17. The topological polar surface area (TPSA) is 72.5 Å². The van der Waals surface area contributed by atoms with E-state index < -0.39 is 15.9 Å². The Bertz CT molecular complexity index is 832. The van der Waals surface area contributed by atoms with Crippen LogP contribution in [0.2, 0.25) is 0 Å². The second-order valence-corrected chi connectivity index (χ2v) is 7.02. The Morgan fingerprint density at radius 2 is 1.87 bits per heavy atom. The van der Waals surface area contributed by atoms with Crippen LogP contribution in [0.1, 0.15) is 15.9 Å². The van der Waals surface area contributed by atoms with E-state index in [1.54, 1.807) is 36.4 Å². The first-order valence-corrected chi connectivity index (χ1v) is 8.89. The van der Waals surface area contributed by atoms with Crippen LogP contribution in [0.15, 0.2) is 58.4 Å². The number of methoxy groups -OCH3 is 1. The van der Waals surface area contributed by atoms with Crippen LogP contribution in [-0.4, -0.2) is 21.4 Å². The normalized spacial score (nSPS) is 11.4. The summed E-state index contributed by atoms with van der Waals surface area (Å²) in [4.78, 5) is 12.1. The number of nitrogens with one attached hydrogen (secondary N) is 1. The van der Waals surface area contributed by atoms with E-state index in [2.05, 4.69) is 15.9 Å². The van der Waals surface area contributed by atoms with E-state index in [1.165, 1.54) is 19.3 Å². The summed E-state index contributed by atoms with van der Waals surface area (Å²) in [7, 11) is -2.50. The van der Waals surface area contributed by atoms with Crippen LogP contribution in [0.3, 0.4) is 0 Å². The van der Waals surface area contributed by atoms with Crippen molar-refractivity contribution < 1.29 is 17.9 Å². The first kappa shape index (κ1) is 17.2. The van der Waals surface area contributed by atoms with Gasteiger partial charge >= 0.3 is 0 Å². The quantitative estimate of drug-likeness (QED) is 0.843. The monoisotopic (exact) mass is 395 g/mol. The van der Waals surface area contributed by atoms with E-state index in [1.807, 2.05) is 10.8 Å². The molecule has 120 valence electrons. The molecular weight excluding hydrogens is 382 g/mol. The smallest absolute Gasteiger partial charge is 0.268 e. The first-order chi connectivity index (χ1) is 10.9. The lowest BCUT2D eigenvalue weighted by molar-refractivity contribution is 0.0979. The first-order valence-electron chi connectivity index (χ1n) is 6.55. The minimum Gasteiger partial charge on any atom is -0.496 e. The van der Waals surface area contributed by atoms with Gasteiger partial charge in [-0.3, -0.25) is 4.79 Å². The molecule has 0 bridgehead atoms. The van der Waals surface area contributed by atoms with Crippen LogP contribution < -0.4 is 9.46 Å². The Balaban J connectivity index is 2.17. The number of rotatable bonds is 5. The van der Waals surface area contributed by atoms with Gasteiger partial charge in [-0.05, 0) is 29.8 Å². The Hall–Kier alpha value is -2.12. The second-order valence-electron chi connectivity index (χ2n) is 4.53. The molecule has 2 aromatic rings. The molecule has 0 aliphatic rings. The molecule has 0 aliphatic heterocycles. The molecule has 7 heteroatoms. The maximum atomic E-state index is 12.1. The van der Waals surface area contributed by atoms with Crippen molar-refractivity contribution in [3.8, 4) is 5.75 Å². The summed E-state index contributed by atoms with van der Waals surface area (Å²) >= 11 is 3.26. The van der Waals surface area contributed by atoms with Gasteiger partial charge in [0.2, 0.25) is 0 Å². The summed E-state index contributed by atoms with van der Waals surface area (Å²) < 4.78 is 31.8. The number of carbonyl (C=O) groups excluding carboxylic acids is 1. The fourth-order valence-corrected chi connectivity index (χ4v) is 2.92. The molecule has 23 heavy (non-hydrogen) atoms. The number of carbonyl (C=O) groups is 1. The maximum Gasteiger partial charge on any atom is 0.268 e. The van der Waals surface area contributed by atoms with Gasteiger partial charge in [0.1, 0.15) is 5.75 Å². The number of benzene rings is 2. The number of ether oxygens (including phenoxy) is 1. The molecule has 1 N–H and O–H groups in total. The van der Waals surface area contributed by atoms with E-state index in [4.69, 9.17) is 4.74 Å². The molecule has 0 spiro atoms. The fourth-order valence-electron chi connectivity index (χ4n) is 1.80. The lowest BCUT2D eigenvalue weighted by Gasteiger charge is -2.08. The van der Waals surface area contributed by atoms with Gasteiger partial charge in [-0.1, -0.05) is 46.3 Å². The molecule has 0 heterocycles. The van der Waals surface area contributed by atoms with Crippen molar-refractivity contribution in [2.24, 2.45) is 0 Å². The van der Waals surface area contributed by atoms with Crippen molar-refractivity contribution in [1.82, 2.24) is 4.72 Å². The van der Waals surface area contributed by atoms with Gasteiger partial charge in [0.25, 0.3) is 15.9 Å². The third-order valence-electron chi connectivity index (χ3n) is 2.88. The zero-order valence-corrected chi connectivity index (χ0v) is 14.6. The van der Waals surface area contributed by atoms with Gasteiger partial charge in [0.05, 0.1) is 18.1 Å². The predicted molar refractivity (Wildman–Crippen MR) is 92.6 cm³/mol. The van der Waals surface area contributed by atoms with E-state index in [9.17, 15) is 13.2 Å². The third-order valence-corrected chi connectivity index (χ3v) is 4.34. The van der Waals surface area contributed by atoms with Gasteiger partial charge in [0, 0.05) is 4.47 Å². The number of hydrogen-bond acceptors (Lipinski definition) is 4. The van der Waals surface area contributed by atoms with Crippen molar-refractivity contribution in [2.45, 2.75) is 0 Å². The summed E-state index contributed by atoms with van der Waals surface area (Å²) in [5.74, 6) is -0.480. The highest BCUT2D eigenvalue weighted by Crippen LogP contribution is 2.23. The van der Waals surface area contributed by atoms with Crippen LogP contribution in [0, 0.1) is 0 Å². The summed E-state index contributed by atoms with van der Waals surface area (Å²) in [5.41, 5.74) is 0.846. The molecule has 2 rings (SSSR count). The van der Waals surface area contributed by atoms with Crippen LogP contribution in [0.25, 0.3) is 6.08 Å². The molecular formula is C16H14BrNO4S. The number of amides is 1. The zero-order valence-electron chi connectivity index (χ0n) is 12.2. The zero-order chi connectivity index (χ0) is 16.9. The van der Waals surface area contributed by atoms with Crippen LogP contribution in [0.4, 0.5) is 0 Å². The molecule has 0 fully saturated rings. The SMILES string of the molecule is COc1cc(Br)ccc1C(=O)NS(=O)(=O)/C=C/c1ccccc1. The van der Waals surface area contributed by atoms with Crippen LogP contribution in [0.5, 0.6) is 5.75 Å². The van der Waals surface area contributed by atoms with Gasteiger partial charge < -0.3 is 4.74 Å². The highest BCUT2D eigenvalue weighted by molar-refractivity contribution is 9.10.